The summed E-state index contributed by atoms with van der Waals surface area (Å²) in [6.07, 6.45) is -0.518. The summed E-state index contributed by atoms with van der Waals surface area (Å²) < 4.78 is 21.0. The number of carbonyl (C=O) groups is 2. The molecule has 35 heavy (non-hydrogen) atoms. The number of nitrogens with zero attached hydrogens (tertiary/aromatic N) is 3. The highest BCUT2D eigenvalue weighted by Crippen LogP contribution is 2.28. The lowest BCUT2D eigenvalue weighted by Crippen LogP contribution is -2.15. The maximum absolute atomic E-state index is 13.2. The van der Waals surface area contributed by atoms with Gasteiger partial charge < -0.3 is 15.2 Å². The number of hydrogen-bond donors (Lipinski definition) is 2. The Balaban J connectivity index is 1.52. The molecule has 4 aromatic rings. The molecule has 178 valence electrons. The van der Waals surface area contributed by atoms with Gasteiger partial charge in [-0.1, -0.05) is 36.0 Å². The molecule has 0 aliphatic rings. The van der Waals surface area contributed by atoms with E-state index in [9.17, 15) is 14.0 Å². The minimum atomic E-state index is -1.07. The molecule has 8 nitrogen and oxygen atoms in total. The van der Waals surface area contributed by atoms with Crippen molar-refractivity contribution in [1.29, 1.82) is 0 Å². The zero-order chi connectivity index (χ0) is 24.8. The van der Waals surface area contributed by atoms with Gasteiger partial charge in [0, 0.05) is 11.4 Å². The molecule has 1 aromatic heterocycles. The van der Waals surface area contributed by atoms with Crippen molar-refractivity contribution in [1.82, 2.24) is 14.8 Å². The molecular formula is C25H21FN4O4S. The molecule has 0 radical (unpaired) electrons. The largest absolute Gasteiger partial charge is 0.483 e. The van der Waals surface area contributed by atoms with Gasteiger partial charge in [-0.2, -0.15) is 0 Å². The molecule has 2 N–H and O–H groups in total. The van der Waals surface area contributed by atoms with Gasteiger partial charge in [0.15, 0.2) is 17.1 Å². The van der Waals surface area contributed by atoms with Gasteiger partial charge in [-0.15, -0.1) is 10.2 Å². The minimum Gasteiger partial charge on any atom is -0.483 e. The number of amides is 1. The maximum atomic E-state index is 13.2. The van der Waals surface area contributed by atoms with E-state index in [0.29, 0.717) is 22.4 Å². The number of hydrogen-bond acceptors (Lipinski definition) is 6. The zero-order valence-electron chi connectivity index (χ0n) is 18.6. The Kier molecular flexibility index (Phi) is 7.41. The van der Waals surface area contributed by atoms with Crippen molar-refractivity contribution >= 4 is 29.3 Å². The first-order chi connectivity index (χ1) is 16.9. The Bertz CT molecular complexity index is 1330. The molecule has 0 aliphatic carbocycles. The first-order valence-corrected chi connectivity index (χ1v) is 11.6. The topological polar surface area (TPSA) is 106 Å². The number of carbonyl (C=O) groups excluding carboxylic acids is 1. The van der Waals surface area contributed by atoms with Crippen LogP contribution < -0.4 is 10.1 Å². The Morgan fingerprint density at radius 1 is 1.06 bits per heavy atom. The second-order valence-electron chi connectivity index (χ2n) is 7.45. The van der Waals surface area contributed by atoms with Gasteiger partial charge >= 0.3 is 5.97 Å². The molecular weight excluding hydrogens is 471 g/mol. The molecule has 0 spiro atoms. The fourth-order valence-corrected chi connectivity index (χ4v) is 4.04. The van der Waals surface area contributed by atoms with E-state index in [2.05, 4.69) is 15.5 Å². The van der Waals surface area contributed by atoms with Crippen LogP contribution in [0.2, 0.25) is 0 Å². The van der Waals surface area contributed by atoms with E-state index < -0.39 is 12.1 Å². The van der Waals surface area contributed by atoms with Gasteiger partial charge in [-0.3, -0.25) is 9.36 Å². The molecule has 1 unspecified atom stereocenters. The highest BCUT2D eigenvalue weighted by Gasteiger charge is 2.22. The summed E-state index contributed by atoms with van der Waals surface area (Å²) in [5, 5.41) is 20.9. The SMILES string of the molecule is CC(Oc1ccc(F)cc1)c1nnc(SCC(=O)Nc2cccc(C(=O)O)c2)n1-c1ccccc1. The average molecular weight is 493 g/mol. The smallest absolute Gasteiger partial charge is 0.335 e. The van der Waals surface area contributed by atoms with Crippen LogP contribution in [0.15, 0.2) is 84.0 Å². The number of thioether (sulfide) groups is 1. The Hall–Kier alpha value is -4.18. The number of aromatic nitrogens is 3. The van der Waals surface area contributed by atoms with Gasteiger partial charge in [-0.25, -0.2) is 9.18 Å². The molecule has 0 aliphatic heterocycles. The van der Waals surface area contributed by atoms with E-state index in [1.165, 1.54) is 48.2 Å². The predicted molar refractivity (Wildman–Crippen MR) is 130 cm³/mol. The van der Waals surface area contributed by atoms with Crippen LogP contribution in [0.5, 0.6) is 5.75 Å². The van der Waals surface area contributed by atoms with Crippen molar-refractivity contribution in [2.45, 2.75) is 18.2 Å². The number of aromatic carboxylic acids is 1. The number of ether oxygens (including phenoxy) is 1. The van der Waals surface area contributed by atoms with E-state index in [-0.39, 0.29) is 23.0 Å². The van der Waals surface area contributed by atoms with Gasteiger partial charge in [0.25, 0.3) is 0 Å². The summed E-state index contributed by atoms with van der Waals surface area (Å²) in [4.78, 5) is 23.7. The summed E-state index contributed by atoms with van der Waals surface area (Å²) in [6.45, 7) is 1.81. The molecule has 0 bridgehead atoms. The van der Waals surface area contributed by atoms with Crippen LogP contribution in [0.25, 0.3) is 5.69 Å². The average Bonchev–Trinajstić information content (AvgIpc) is 3.29. The summed E-state index contributed by atoms with van der Waals surface area (Å²) in [6, 6.07) is 21.1. The van der Waals surface area contributed by atoms with E-state index in [1.807, 2.05) is 37.3 Å². The van der Waals surface area contributed by atoms with Crippen LogP contribution in [-0.4, -0.2) is 37.5 Å². The lowest BCUT2D eigenvalue weighted by atomic mass is 10.2. The van der Waals surface area contributed by atoms with Gasteiger partial charge in [0.2, 0.25) is 5.91 Å². The normalized spacial score (nSPS) is 11.6. The van der Waals surface area contributed by atoms with Crippen molar-refractivity contribution in [3.63, 3.8) is 0 Å². The Morgan fingerprint density at radius 3 is 2.51 bits per heavy atom. The van der Waals surface area contributed by atoms with Gasteiger partial charge in [0.1, 0.15) is 11.6 Å². The van der Waals surface area contributed by atoms with Crippen molar-refractivity contribution < 1.29 is 23.8 Å². The number of anilines is 1. The van der Waals surface area contributed by atoms with E-state index in [4.69, 9.17) is 9.84 Å². The number of halogens is 1. The number of para-hydroxylation sites is 1. The molecule has 3 aromatic carbocycles. The molecule has 1 amide bonds. The maximum Gasteiger partial charge on any atom is 0.335 e. The molecule has 0 fully saturated rings. The third-order valence-electron chi connectivity index (χ3n) is 4.89. The predicted octanol–water partition coefficient (Wildman–Crippen LogP) is 4.98. The first-order valence-electron chi connectivity index (χ1n) is 10.6. The van der Waals surface area contributed by atoms with Crippen molar-refractivity contribution in [2.75, 3.05) is 11.1 Å². The van der Waals surface area contributed by atoms with E-state index >= 15 is 0 Å². The van der Waals surface area contributed by atoms with Gasteiger partial charge in [-0.05, 0) is 61.5 Å². The van der Waals surface area contributed by atoms with Crippen molar-refractivity contribution in [3.05, 3.63) is 96.1 Å². The van der Waals surface area contributed by atoms with Crippen LogP contribution in [0.4, 0.5) is 10.1 Å². The number of rotatable bonds is 9. The Morgan fingerprint density at radius 2 is 1.80 bits per heavy atom. The van der Waals surface area contributed by atoms with Crippen molar-refractivity contribution in [3.8, 4) is 11.4 Å². The van der Waals surface area contributed by atoms with E-state index in [0.717, 1.165) is 5.69 Å². The fraction of sp³-hybridized carbons (Fsp3) is 0.120. The van der Waals surface area contributed by atoms with Gasteiger partial charge in [0.05, 0.1) is 11.3 Å². The van der Waals surface area contributed by atoms with Crippen LogP contribution in [0, 0.1) is 5.82 Å². The fourth-order valence-electron chi connectivity index (χ4n) is 3.28. The number of benzene rings is 3. The lowest BCUT2D eigenvalue weighted by Gasteiger charge is -2.16. The first kappa shape index (κ1) is 24.0. The summed E-state index contributed by atoms with van der Waals surface area (Å²) in [5.74, 6) is -0.733. The standard InChI is InChI=1S/C25H21FN4O4S/c1-16(34-21-12-10-18(26)11-13-21)23-28-29-25(30(23)20-8-3-2-4-9-20)35-15-22(31)27-19-7-5-6-17(14-19)24(32)33/h2-14,16H,15H2,1H3,(H,27,31)(H,32,33). The van der Waals surface area contributed by atoms with Crippen LogP contribution in [0.3, 0.4) is 0 Å². The lowest BCUT2D eigenvalue weighted by molar-refractivity contribution is -0.113. The number of carboxylic acid groups (broad SMARTS) is 1. The molecule has 1 heterocycles. The summed E-state index contributed by atoms with van der Waals surface area (Å²) in [7, 11) is 0. The van der Waals surface area contributed by atoms with Crippen LogP contribution >= 0.6 is 11.8 Å². The quantitative estimate of drug-likeness (QED) is 0.318. The number of carboxylic acids is 1. The third kappa shape index (κ3) is 6.04. The highest BCUT2D eigenvalue weighted by atomic mass is 32.2. The number of nitrogens with one attached hydrogen (secondary N) is 1. The molecule has 10 heteroatoms. The van der Waals surface area contributed by atoms with E-state index in [1.54, 1.807) is 16.7 Å². The summed E-state index contributed by atoms with van der Waals surface area (Å²) in [5.41, 5.74) is 1.26. The van der Waals surface area contributed by atoms with Crippen molar-refractivity contribution in [2.24, 2.45) is 0 Å². The highest BCUT2D eigenvalue weighted by molar-refractivity contribution is 7.99. The van der Waals surface area contributed by atoms with Crippen LogP contribution in [0.1, 0.15) is 29.2 Å². The molecule has 1 atom stereocenters. The molecule has 0 saturated heterocycles. The zero-order valence-corrected chi connectivity index (χ0v) is 19.4. The van der Waals surface area contributed by atoms with Crippen LogP contribution in [-0.2, 0) is 4.79 Å². The summed E-state index contributed by atoms with van der Waals surface area (Å²) >= 11 is 1.18. The molecule has 4 rings (SSSR count). The third-order valence-corrected chi connectivity index (χ3v) is 5.82. The second kappa shape index (κ2) is 10.8. The monoisotopic (exact) mass is 492 g/mol. The molecule has 0 saturated carbocycles. The Labute approximate surface area is 204 Å². The second-order valence-corrected chi connectivity index (χ2v) is 8.39. The minimum absolute atomic E-state index is 0.0233.